The average molecular weight is 474 g/mol. The Hall–Kier alpha value is -2.72. The molecule has 10 heteroatoms. The molecule has 33 heavy (non-hydrogen) atoms. The molecule has 0 aliphatic carbocycles. The van der Waals surface area contributed by atoms with Gasteiger partial charge in [-0.05, 0) is 63.3 Å². The van der Waals surface area contributed by atoms with Gasteiger partial charge in [0.05, 0.1) is 5.56 Å². The van der Waals surface area contributed by atoms with Crippen LogP contribution in [0, 0.1) is 5.92 Å². The number of aromatic nitrogens is 2. The molecule has 4 heterocycles. The Labute approximate surface area is 194 Å². The van der Waals surface area contributed by atoms with E-state index in [0.29, 0.717) is 24.9 Å². The molecule has 1 unspecified atom stereocenters. The lowest BCUT2D eigenvalue weighted by Crippen LogP contribution is -2.44. The highest BCUT2D eigenvalue weighted by Crippen LogP contribution is 2.39. The minimum atomic E-state index is -4.19. The molecule has 2 aromatic rings. The molecule has 3 N–H and O–H groups in total. The van der Waals surface area contributed by atoms with Gasteiger partial charge in [-0.1, -0.05) is 13.0 Å². The quantitative estimate of drug-likeness (QED) is 0.678. The number of nitrogens with zero attached hydrogens (tertiary/aromatic N) is 3. The molecule has 178 valence electrons. The average Bonchev–Trinajstić information content (AvgIpc) is 3.05. The van der Waals surface area contributed by atoms with Crippen LogP contribution in [0.4, 0.5) is 11.6 Å². The first-order valence-electron chi connectivity index (χ1n) is 11.3. The number of hydrogen-bond donors (Lipinski definition) is 2. The smallest absolute Gasteiger partial charge is 0.281 e. The van der Waals surface area contributed by atoms with Crippen LogP contribution in [0.15, 0.2) is 35.4 Å². The molecule has 0 radical (unpaired) electrons. The molecule has 2 saturated heterocycles. The van der Waals surface area contributed by atoms with Crippen LogP contribution in [0.5, 0.6) is 0 Å². The van der Waals surface area contributed by atoms with Crippen molar-refractivity contribution in [2.75, 3.05) is 30.4 Å². The molecule has 0 aromatic carbocycles. The van der Waals surface area contributed by atoms with E-state index in [1.54, 1.807) is 6.07 Å². The lowest BCUT2D eigenvalue weighted by atomic mass is 9.90. The number of carbonyl (C=O) groups is 1. The SMILES string of the molecule is CC1CCN(c2nc(C3CCOCC3)ccc2C(=O)NS(=O)(=O)c2cccc(N)n2)C1(C)C. The Morgan fingerprint density at radius 1 is 1.15 bits per heavy atom. The third kappa shape index (κ3) is 4.67. The zero-order valence-electron chi connectivity index (χ0n) is 19.2. The number of nitrogens with two attached hydrogens (primary N) is 1. The molecule has 2 fully saturated rings. The summed E-state index contributed by atoms with van der Waals surface area (Å²) in [5.74, 6) is 0.471. The molecular formula is C23H31N5O4S. The van der Waals surface area contributed by atoms with Crippen LogP contribution in [0.1, 0.15) is 62.0 Å². The van der Waals surface area contributed by atoms with E-state index >= 15 is 0 Å². The Morgan fingerprint density at radius 3 is 2.52 bits per heavy atom. The van der Waals surface area contributed by atoms with Gasteiger partial charge in [0.2, 0.25) is 0 Å². The highest BCUT2D eigenvalue weighted by molar-refractivity contribution is 7.90. The van der Waals surface area contributed by atoms with E-state index in [9.17, 15) is 13.2 Å². The summed E-state index contributed by atoms with van der Waals surface area (Å²) in [4.78, 5) is 24.1. The normalized spacial score (nSPS) is 21.2. The van der Waals surface area contributed by atoms with E-state index in [1.807, 2.05) is 6.07 Å². The highest BCUT2D eigenvalue weighted by atomic mass is 32.2. The summed E-state index contributed by atoms with van der Waals surface area (Å²) < 4.78 is 33.2. The van der Waals surface area contributed by atoms with Crippen LogP contribution in [0.2, 0.25) is 0 Å². The Bertz CT molecular complexity index is 1150. The molecule has 9 nitrogen and oxygen atoms in total. The Kier molecular flexibility index (Phi) is 6.32. The second kappa shape index (κ2) is 8.90. The van der Waals surface area contributed by atoms with E-state index in [4.69, 9.17) is 15.5 Å². The van der Waals surface area contributed by atoms with Gasteiger partial charge >= 0.3 is 0 Å². The maximum absolute atomic E-state index is 13.2. The van der Waals surface area contributed by atoms with E-state index in [2.05, 4.69) is 35.4 Å². The second-order valence-electron chi connectivity index (χ2n) is 9.32. The van der Waals surface area contributed by atoms with Crippen LogP contribution in [-0.2, 0) is 14.8 Å². The van der Waals surface area contributed by atoms with Gasteiger partial charge in [-0.2, -0.15) is 8.42 Å². The molecule has 2 aromatic heterocycles. The molecular weight excluding hydrogens is 442 g/mol. The standard InChI is InChI=1S/C23H31N5O4S/c1-15-9-12-28(23(15,2)3)21-17(7-8-18(25-21)16-10-13-32-14-11-16)22(29)27-33(30,31)20-6-4-5-19(24)26-20/h4-8,15-16H,9-14H2,1-3H3,(H2,24,26)(H,27,29). The predicted molar refractivity (Wildman–Crippen MR) is 126 cm³/mol. The molecule has 1 atom stereocenters. The van der Waals surface area contributed by atoms with Gasteiger partial charge in [0.15, 0.2) is 5.03 Å². The van der Waals surface area contributed by atoms with Crippen molar-refractivity contribution in [3.05, 3.63) is 41.6 Å². The van der Waals surface area contributed by atoms with E-state index in [1.165, 1.54) is 18.2 Å². The predicted octanol–water partition coefficient (Wildman–Crippen LogP) is 2.70. The first-order chi connectivity index (χ1) is 15.6. The van der Waals surface area contributed by atoms with Crippen molar-refractivity contribution >= 4 is 27.6 Å². The Balaban J connectivity index is 1.71. The van der Waals surface area contributed by atoms with Gasteiger partial charge in [0.1, 0.15) is 11.6 Å². The second-order valence-corrected chi connectivity index (χ2v) is 11.0. The number of nitrogens with one attached hydrogen (secondary N) is 1. The molecule has 2 aliphatic heterocycles. The minimum absolute atomic E-state index is 0.0568. The zero-order chi connectivity index (χ0) is 23.8. The first-order valence-corrected chi connectivity index (χ1v) is 12.7. The summed E-state index contributed by atoms with van der Waals surface area (Å²) >= 11 is 0. The van der Waals surface area contributed by atoms with Crippen LogP contribution >= 0.6 is 0 Å². The number of amides is 1. The zero-order valence-corrected chi connectivity index (χ0v) is 20.1. The number of ether oxygens (including phenoxy) is 1. The maximum atomic E-state index is 13.2. The van der Waals surface area contributed by atoms with Gasteiger partial charge in [0.25, 0.3) is 15.9 Å². The van der Waals surface area contributed by atoms with Crippen molar-refractivity contribution < 1.29 is 17.9 Å². The van der Waals surface area contributed by atoms with Crippen LogP contribution in [0.3, 0.4) is 0 Å². The summed E-state index contributed by atoms with van der Waals surface area (Å²) in [5.41, 5.74) is 6.51. The lowest BCUT2D eigenvalue weighted by molar-refractivity contribution is 0.0844. The van der Waals surface area contributed by atoms with Crippen molar-refractivity contribution in [2.24, 2.45) is 5.92 Å². The van der Waals surface area contributed by atoms with E-state index < -0.39 is 15.9 Å². The molecule has 1 amide bonds. The number of carbonyl (C=O) groups excluding carboxylic acids is 1. The number of hydrogen-bond acceptors (Lipinski definition) is 8. The van der Waals surface area contributed by atoms with Gasteiger partial charge in [-0.25, -0.2) is 14.7 Å². The highest BCUT2D eigenvalue weighted by Gasteiger charge is 2.41. The first kappa shape index (κ1) is 23.4. The monoisotopic (exact) mass is 473 g/mol. The summed E-state index contributed by atoms with van der Waals surface area (Å²) in [5, 5.41) is -0.306. The fourth-order valence-corrected chi connectivity index (χ4v) is 5.43. The summed E-state index contributed by atoms with van der Waals surface area (Å²) in [6, 6.07) is 7.76. The van der Waals surface area contributed by atoms with Crippen molar-refractivity contribution in [1.29, 1.82) is 0 Å². The van der Waals surface area contributed by atoms with Crippen LogP contribution in [-0.4, -0.2) is 49.6 Å². The number of rotatable bonds is 5. The number of anilines is 2. The molecule has 0 bridgehead atoms. The number of nitrogen functional groups attached to an aromatic ring is 1. The largest absolute Gasteiger partial charge is 0.384 e. The van der Waals surface area contributed by atoms with Gasteiger partial charge in [0, 0.05) is 36.9 Å². The molecule has 4 rings (SSSR count). The fraction of sp³-hybridized carbons (Fsp3) is 0.522. The molecule has 2 aliphatic rings. The molecule has 0 saturated carbocycles. The summed E-state index contributed by atoms with van der Waals surface area (Å²) in [6.07, 6.45) is 2.70. The van der Waals surface area contributed by atoms with Gasteiger partial charge in [-0.3, -0.25) is 4.79 Å². The topological polar surface area (TPSA) is 128 Å². The molecule has 0 spiro atoms. The van der Waals surface area contributed by atoms with Crippen molar-refractivity contribution in [2.45, 2.75) is 56.5 Å². The van der Waals surface area contributed by atoms with E-state index in [-0.39, 0.29) is 27.9 Å². The van der Waals surface area contributed by atoms with Crippen molar-refractivity contribution in [3.63, 3.8) is 0 Å². The Morgan fingerprint density at radius 2 is 1.88 bits per heavy atom. The van der Waals surface area contributed by atoms with Crippen LogP contribution < -0.4 is 15.4 Å². The van der Waals surface area contributed by atoms with Crippen molar-refractivity contribution in [3.8, 4) is 0 Å². The van der Waals surface area contributed by atoms with Crippen LogP contribution in [0.25, 0.3) is 0 Å². The number of pyridine rings is 2. The lowest BCUT2D eigenvalue weighted by Gasteiger charge is -2.37. The third-order valence-electron chi connectivity index (χ3n) is 6.97. The van der Waals surface area contributed by atoms with Gasteiger partial charge in [-0.15, -0.1) is 0 Å². The maximum Gasteiger partial charge on any atom is 0.281 e. The van der Waals surface area contributed by atoms with E-state index in [0.717, 1.165) is 31.5 Å². The number of sulfonamides is 1. The minimum Gasteiger partial charge on any atom is -0.384 e. The van der Waals surface area contributed by atoms with Crippen molar-refractivity contribution in [1.82, 2.24) is 14.7 Å². The summed E-state index contributed by atoms with van der Waals surface area (Å²) in [7, 11) is -4.19. The van der Waals surface area contributed by atoms with Gasteiger partial charge < -0.3 is 15.4 Å². The fourth-order valence-electron chi connectivity index (χ4n) is 4.49. The summed E-state index contributed by atoms with van der Waals surface area (Å²) in [6.45, 7) is 8.54. The third-order valence-corrected chi connectivity index (χ3v) is 8.20.